The van der Waals surface area contributed by atoms with Crippen LogP contribution in [0, 0.1) is 0 Å². The Kier molecular flexibility index (Phi) is 6.06. The fourth-order valence-electron chi connectivity index (χ4n) is 1.86. The van der Waals surface area contributed by atoms with Gasteiger partial charge in [-0.25, -0.2) is 4.79 Å². The Balaban J connectivity index is 1.87. The lowest BCUT2D eigenvalue weighted by Gasteiger charge is -2.06. The van der Waals surface area contributed by atoms with Gasteiger partial charge in [-0.05, 0) is 42.0 Å². The van der Waals surface area contributed by atoms with Crippen LogP contribution in [0.25, 0.3) is 0 Å². The summed E-state index contributed by atoms with van der Waals surface area (Å²) < 4.78 is 12.9. The van der Waals surface area contributed by atoms with Crippen LogP contribution >= 0.6 is 15.9 Å². The summed E-state index contributed by atoms with van der Waals surface area (Å²) in [6.45, 7) is 0. The minimum atomic E-state index is -1.37. The second kappa shape index (κ2) is 8.03. The zero-order valence-corrected chi connectivity index (χ0v) is 14.4. The summed E-state index contributed by atoms with van der Waals surface area (Å²) in [5, 5.41) is 11.5. The predicted molar refractivity (Wildman–Crippen MR) is 92.9 cm³/mol. The average Bonchev–Trinajstić information content (AvgIpc) is 2.50. The second-order valence-corrected chi connectivity index (χ2v) is 7.16. The molecule has 0 heterocycles. The van der Waals surface area contributed by atoms with Gasteiger partial charge in [0, 0.05) is 26.7 Å². The number of benzene rings is 2. The zero-order chi connectivity index (χ0) is 16.8. The first-order valence-electron chi connectivity index (χ1n) is 6.66. The van der Waals surface area contributed by atoms with Crippen molar-refractivity contribution in [3.8, 4) is 0 Å². The first-order valence-corrected chi connectivity index (χ1v) is 8.95. The molecule has 0 saturated heterocycles. The lowest BCUT2D eigenvalue weighted by molar-refractivity contribution is -0.113. The van der Waals surface area contributed by atoms with E-state index in [2.05, 4.69) is 21.2 Å². The molecule has 0 aliphatic rings. The Hall–Kier alpha value is -1.99. The normalized spacial score (nSPS) is 11.7. The molecule has 1 atom stereocenters. The molecule has 1 amide bonds. The number of aromatic carboxylic acids is 1. The molecule has 0 aromatic heterocycles. The van der Waals surface area contributed by atoms with Crippen LogP contribution in [0.5, 0.6) is 0 Å². The van der Waals surface area contributed by atoms with Crippen molar-refractivity contribution in [2.24, 2.45) is 0 Å². The van der Waals surface area contributed by atoms with Crippen LogP contribution in [0.15, 0.2) is 53.0 Å². The molecule has 2 rings (SSSR count). The van der Waals surface area contributed by atoms with Crippen LogP contribution in [-0.4, -0.2) is 26.9 Å². The van der Waals surface area contributed by atoms with Gasteiger partial charge in [0.25, 0.3) is 0 Å². The van der Waals surface area contributed by atoms with Crippen LogP contribution in [0.2, 0.25) is 0 Å². The molecular weight excluding hydrogens is 382 g/mol. The lowest BCUT2D eigenvalue weighted by Crippen LogP contribution is -2.20. The number of carboxylic acids is 1. The third-order valence-electron chi connectivity index (χ3n) is 2.95. The number of carbonyl (C=O) groups excluding carboxylic acids is 1. The number of carboxylic acid groups (broad SMARTS) is 1. The van der Waals surface area contributed by atoms with Crippen molar-refractivity contribution in [2.45, 2.75) is 5.75 Å². The predicted octanol–water partition coefficient (Wildman–Crippen LogP) is 3.03. The quantitative estimate of drug-likeness (QED) is 0.786. The third-order valence-corrected chi connectivity index (χ3v) is 4.72. The van der Waals surface area contributed by atoms with Gasteiger partial charge >= 0.3 is 5.97 Å². The standard InChI is InChI=1S/C16H14BrNO4S/c17-13-5-7-14(8-6-13)18-15(19)10-23(22)9-11-1-3-12(4-2-11)16(20)21/h1-8H,9-10H2,(H,18,19)(H,20,21). The van der Waals surface area contributed by atoms with E-state index in [1.807, 2.05) is 0 Å². The van der Waals surface area contributed by atoms with Gasteiger partial charge < -0.3 is 10.4 Å². The molecule has 0 aliphatic heterocycles. The number of nitrogens with one attached hydrogen (secondary N) is 1. The average molecular weight is 396 g/mol. The Morgan fingerprint density at radius 2 is 1.65 bits per heavy atom. The van der Waals surface area contributed by atoms with Gasteiger partial charge in [-0.15, -0.1) is 0 Å². The molecule has 2 aromatic carbocycles. The van der Waals surface area contributed by atoms with E-state index in [1.54, 1.807) is 36.4 Å². The van der Waals surface area contributed by atoms with Crippen LogP contribution in [-0.2, 0) is 21.3 Å². The summed E-state index contributed by atoms with van der Waals surface area (Å²) in [6.07, 6.45) is 0. The number of anilines is 1. The van der Waals surface area contributed by atoms with Crippen LogP contribution in [0.4, 0.5) is 5.69 Å². The fourth-order valence-corrected chi connectivity index (χ4v) is 3.15. The maximum absolute atomic E-state index is 12.0. The third kappa shape index (κ3) is 5.61. The molecule has 5 nitrogen and oxygen atoms in total. The molecular formula is C16H14BrNO4S. The fraction of sp³-hybridized carbons (Fsp3) is 0.125. The van der Waals surface area contributed by atoms with E-state index in [-0.39, 0.29) is 23.0 Å². The molecule has 0 aliphatic carbocycles. The van der Waals surface area contributed by atoms with E-state index in [9.17, 15) is 13.8 Å². The van der Waals surface area contributed by atoms with Gasteiger partial charge in [-0.2, -0.15) is 0 Å². The molecule has 2 aromatic rings. The van der Waals surface area contributed by atoms with Crippen molar-refractivity contribution in [1.29, 1.82) is 0 Å². The molecule has 0 saturated carbocycles. The number of rotatable bonds is 6. The summed E-state index contributed by atoms with van der Waals surface area (Å²) in [5.74, 6) is -1.25. The van der Waals surface area contributed by atoms with E-state index in [4.69, 9.17) is 5.11 Å². The molecule has 23 heavy (non-hydrogen) atoms. The Bertz CT molecular complexity index is 729. The van der Waals surface area contributed by atoms with Gasteiger partial charge in [0.15, 0.2) is 0 Å². The summed E-state index contributed by atoms with van der Waals surface area (Å²) in [6, 6.07) is 13.2. The minimum absolute atomic E-state index is 0.114. The molecule has 0 radical (unpaired) electrons. The molecule has 1 unspecified atom stereocenters. The SMILES string of the molecule is O=C(CS(=O)Cc1ccc(C(=O)O)cc1)Nc1ccc(Br)cc1. The zero-order valence-electron chi connectivity index (χ0n) is 12.0. The van der Waals surface area contributed by atoms with Crippen LogP contribution in [0.1, 0.15) is 15.9 Å². The number of hydrogen-bond acceptors (Lipinski definition) is 3. The van der Waals surface area contributed by atoms with Gasteiger partial charge in [0.2, 0.25) is 5.91 Å². The second-order valence-electron chi connectivity index (χ2n) is 4.79. The largest absolute Gasteiger partial charge is 0.478 e. The Morgan fingerprint density at radius 1 is 1.04 bits per heavy atom. The molecule has 120 valence electrons. The van der Waals surface area contributed by atoms with Crippen LogP contribution < -0.4 is 5.32 Å². The maximum atomic E-state index is 12.0. The number of halogens is 1. The van der Waals surface area contributed by atoms with Gasteiger partial charge in [-0.1, -0.05) is 28.1 Å². The molecule has 0 bridgehead atoms. The van der Waals surface area contributed by atoms with Crippen molar-refractivity contribution < 1.29 is 18.9 Å². The van der Waals surface area contributed by atoms with Crippen molar-refractivity contribution in [3.05, 3.63) is 64.1 Å². The summed E-state index contributed by atoms with van der Waals surface area (Å²) in [5.41, 5.74) is 1.54. The van der Waals surface area contributed by atoms with Crippen molar-refractivity contribution >= 4 is 44.3 Å². The summed E-state index contributed by atoms with van der Waals surface area (Å²) in [7, 11) is -1.37. The number of hydrogen-bond donors (Lipinski definition) is 2. The van der Waals surface area contributed by atoms with Crippen molar-refractivity contribution in [1.82, 2.24) is 0 Å². The molecule has 0 fully saturated rings. The first kappa shape index (κ1) is 17.4. The minimum Gasteiger partial charge on any atom is -0.478 e. The smallest absolute Gasteiger partial charge is 0.335 e. The van der Waals surface area contributed by atoms with E-state index >= 15 is 0 Å². The van der Waals surface area contributed by atoms with E-state index in [0.717, 1.165) is 10.0 Å². The number of amides is 1. The maximum Gasteiger partial charge on any atom is 0.335 e. The molecule has 7 heteroatoms. The Labute approximate surface area is 144 Å². The summed E-state index contributed by atoms with van der Waals surface area (Å²) >= 11 is 3.30. The van der Waals surface area contributed by atoms with E-state index < -0.39 is 16.8 Å². The van der Waals surface area contributed by atoms with Crippen molar-refractivity contribution in [2.75, 3.05) is 11.1 Å². The number of carbonyl (C=O) groups is 2. The first-order chi connectivity index (χ1) is 10.9. The van der Waals surface area contributed by atoms with Crippen molar-refractivity contribution in [3.63, 3.8) is 0 Å². The summed E-state index contributed by atoms with van der Waals surface area (Å²) in [4.78, 5) is 22.6. The highest BCUT2D eigenvalue weighted by atomic mass is 79.9. The highest BCUT2D eigenvalue weighted by Crippen LogP contribution is 2.14. The van der Waals surface area contributed by atoms with E-state index in [0.29, 0.717) is 5.69 Å². The van der Waals surface area contributed by atoms with Crippen LogP contribution in [0.3, 0.4) is 0 Å². The Morgan fingerprint density at radius 3 is 2.22 bits per heavy atom. The lowest BCUT2D eigenvalue weighted by atomic mass is 10.1. The van der Waals surface area contributed by atoms with Gasteiger partial charge in [0.05, 0.1) is 5.56 Å². The monoisotopic (exact) mass is 395 g/mol. The topological polar surface area (TPSA) is 83.5 Å². The van der Waals surface area contributed by atoms with Gasteiger partial charge in [0.1, 0.15) is 5.75 Å². The highest BCUT2D eigenvalue weighted by Gasteiger charge is 2.10. The van der Waals surface area contributed by atoms with E-state index in [1.165, 1.54) is 12.1 Å². The molecule has 2 N–H and O–H groups in total. The molecule has 0 spiro atoms. The van der Waals surface area contributed by atoms with Gasteiger partial charge in [-0.3, -0.25) is 9.00 Å². The highest BCUT2D eigenvalue weighted by molar-refractivity contribution is 9.10.